The first-order chi connectivity index (χ1) is 13.7. The smallest absolute Gasteiger partial charge is 0.273 e. The molecule has 0 fully saturated rings. The highest BCUT2D eigenvalue weighted by atomic mass is 16.2. The van der Waals surface area contributed by atoms with E-state index < -0.39 is 0 Å². The fourth-order valence-corrected chi connectivity index (χ4v) is 3.29. The second kappa shape index (κ2) is 7.53. The van der Waals surface area contributed by atoms with Crippen LogP contribution in [-0.2, 0) is 11.2 Å². The largest absolute Gasteiger partial charge is 0.358 e. The molecule has 1 aliphatic heterocycles. The van der Waals surface area contributed by atoms with Crippen molar-refractivity contribution in [1.82, 2.24) is 25.4 Å². The van der Waals surface area contributed by atoms with Gasteiger partial charge in [-0.15, -0.1) is 0 Å². The van der Waals surface area contributed by atoms with Crippen molar-refractivity contribution in [3.8, 4) is 11.3 Å². The highest BCUT2D eigenvalue weighted by Crippen LogP contribution is 2.31. The molecular weight excluding hydrogens is 354 g/mol. The Bertz CT molecular complexity index is 1070. The molecule has 4 N–H and O–H groups in total. The molecular formula is C20H19N7O. The summed E-state index contributed by atoms with van der Waals surface area (Å²) in [5.41, 5.74) is 14.3. The van der Waals surface area contributed by atoms with Gasteiger partial charge in [-0.05, 0) is 43.7 Å². The number of hydrogen-bond donors (Lipinski definition) is 3. The predicted molar refractivity (Wildman–Crippen MR) is 106 cm³/mol. The van der Waals surface area contributed by atoms with Crippen LogP contribution in [0.2, 0.25) is 0 Å². The first-order valence-electron chi connectivity index (χ1n) is 8.88. The third kappa shape index (κ3) is 3.21. The average molecular weight is 373 g/mol. The molecule has 0 saturated carbocycles. The van der Waals surface area contributed by atoms with E-state index in [4.69, 9.17) is 5.73 Å². The fourth-order valence-electron chi connectivity index (χ4n) is 3.29. The number of nitrogens with two attached hydrogens (primary N) is 1. The molecule has 1 amide bonds. The van der Waals surface area contributed by atoms with Gasteiger partial charge in [0.1, 0.15) is 11.4 Å². The Labute approximate surface area is 161 Å². The van der Waals surface area contributed by atoms with Gasteiger partial charge in [0.25, 0.3) is 5.91 Å². The minimum absolute atomic E-state index is 0.291. The van der Waals surface area contributed by atoms with E-state index in [-0.39, 0.29) is 5.91 Å². The highest BCUT2D eigenvalue weighted by molar-refractivity contribution is 6.32. The molecule has 0 bridgehead atoms. The van der Waals surface area contributed by atoms with Crippen LogP contribution in [0.15, 0.2) is 53.7 Å². The maximum atomic E-state index is 12.4. The second-order valence-electron chi connectivity index (χ2n) is 6.32. The molecule has 0 saturated heterocycles. The number of aromatic amines is 1. The molecule has 28 heavy (non-hydrogen) atoms. The van der Waals surface area contributed by atoms with Crippen LogP contribution in [-0.4, -0.2) is 38.1 Å². The van der Waals surface area contributed by atoms with Crippen molar-refractivity contribution in [2.24, 2.45) is 10.8 Å². The third-order valence-corrected chi connectivity index (χ3v) is 4.52. The molecule has 0 radical (unpaired) electrons. The van der Waals surface area contributed by atoms with Crippen LogP contribution in [0.5, 0.6) is 0 Å². The summed E-state index contributed by atoms with van der Waals surface area (Å²) < 4.78 is 0. The molecule has 1 aliphatic rings. The van der Waals surface area contributed by atoms with Gasteiger partial charge < -0.3 is 10.7 Å². The van der Waals surface area contributed by atoms with Crippen molar-refractivity contribution in [2.45, 2.75) is 13.3 Å². The van der Waals surface area contributed by atoms with Crippen molar-refractivity contribution < 1.29 is 4.79 Å². The van der Waals surface area contributed by atoms with E-state index in [1.54, 1.807) is 30.9 Å². The zero-order chi connectivity index (χ0) is 19.5. The summed E-state index contributed by atoms with van der Waals surface area (Å²) in [5.74, 6) is -0.291. The standard InChI is InChI=1S/C20H19N7O/c1-12-13(5-6-21)18(15-4-2-3-7-23-15)16(25-12)10-14-19(26-27-20(14)28)17-11-22-8-9-24-17/h2-4,7-11,25H,5-6,21H2,1H3,(H,27,28). The molecule has 4 rings (SSSR count). The Morgan fingerprint density at radius 3 is 2.71 bits per heavy atom. The molecule has 8 heteroatoms. The molecule has 0 aromatic carbocycles. The van der Waals surface area contributed by atoms with Crippen molar-refractivity contribution in [3.05, 3.63) is 71.2 Å². The number of nitrogens with one attached hydrogen (secondary N) is 2. The number of pyridine rings is 1. The minimum atomic E-state index is -0.291. The van der Waals surface area contributed by atoms with Crippen LogP contribution in [0.1, 0.15) is 22.6 Å². The summed E-state index contributed by atoms with van der Waals surface area (Å²) in [5, 5.41) is 4.13. The highest BCUT2D eigenvalue weighted by Gasteiger charge is 2.26. The number of nitrogens with zero attached hydrogens (tertiary/aromatic N) is 4. The Morgan fingerprint density at radius 2 is 2.00 bits per heavy atom. The number of carbonyl (C=O) groups excluding carboxylic acids is 1. The lowest BCUT2D eigenvalue weighted by atomic mass is 9.99. The number of H-pyrrole nitrogens is 1. The normalized spacial score (nSPS) is 15.0. The van der Waals surface area contributed by atoms with Gasteiger partial charge in [0.15, 0.2) is 0 Å². The first kappa shape index (κ1) is 17.7. The molecule has 0 spiro atoms. The lowest BCUT2D eigenvalue weighted by Crippen LogP contribution is -2.14. The number of aryl methyl sites for hydroxylation is 1. The quantitative estimate of drug-likeness (QED) is 0.586. The summed E-state index contributed by atoms with van der Waals surface area (Å²) in [6, 6.07) is 5.74. The van der Waals surface area contributed by atoms with Crippen LogP contribution in [0.25, 0.3) is 17.3 Å². The van der Waals surface area contributed by atoms with Crippen LogP contribution >= 0.6 is 0 Å². The van der Waals surface area contributed by atoms with Gasteiger partial charge in [-0.1, -0.05) is 6.07 Å². The maximum absolute atomic E-state index is 12.4. The Morgan fingerprint density at radius 1 is 1.14 bits per heavy atom. The van der Waals surface area contributed by atoms with Gasteiger partial charge in [0, 0.05) is 35.5 Å². The number of hydrazone groups is 1. The molecule has 140 valence electrons. The van der Waals surface area contributed by atoms with E-state index in [1.165, 1.54) is 0 Å². The molecule has 8 nitrogen and oxygen atoms in total. The lowest BCUT2D eigenvalue weighted by molar-refractivity contribution is -0.116. The van der Waals surface area contributed by atoms with E-state index in [1.807, 2.05) is 25.1 Å². The topological polar surface area (TPSA) is 122 Å². The zero-order valence-electron chi connectivity index (χ0n) is 15.3. The van der Waals surface area contributed by atoms with Gasteiger partial charge in [-0.25, -0.2) is 5.43 Å². The predicted octanol–water partition coefficient (Wildman–Crippen LogP) is 1.59. The average Bonchev–Trinajstić information content (AvgIpc) is 3.24. The second-order valence-corrected chi connectivity index (χ2v) is 6.32. The zero-order valence-corrected chi connectivity index (χ0v) is 15.3. The van der Waals surface area contributed by atoms with Crippen LogP contribution < -0.4 is 11.2 Å². The Kier molecular flexibility index (Phi) is 4.77. The van der Waals surface area contributed by atoms with Crippen molar-refractivity contribution in [2.75, 3.05) is 6.54 Å². The van der Waals surface area contributed by atoms with E-state index in [0.717, 1.165) is 28.2 Å². The number of carbonyl (C=O) groups is 1. The SMILES string of the molecule is Cc1[nH]c(C=C2C(=O)NN=C2c2cnccn2)c(-c2ccccn2)c1CCN. The lowest BCUT2D eigenvalue weighted by Gasteiger charge is -2.06. The molecule has 0 unspecified atom stereocenters. The van der Waals surface area contributed by atoms with Gasteiger partial charge in [-0.2, -0.15) is 5.10 Å². The molecule has 0 aliphatic carbocycles. The monoisotopic (exact) mass is 373 g/mol. The van der Waals surface area contributed by atoms with E-state index in [0.29, 0.717) is 29.9 Å². The third-order valence-electron chi connectivity index (χ3n) is 4.52. The summed E-state index contributed by atoms with van der Waals surface area (Å²) in [7, 11) is 0. The minimum Gasteiger partial charge on any atom is -0.358 e. The fraction of sp³-hybridized carbons (Fsp3) is 0.150. The molecule has 0 atom stereocenters. The number of aromatic nitrogens is 4. The van der Waals surface area contributed by atoms with Gasteiger partial charge in [-0.3, -0.25) is 19.7 Å². The maximum Gasteiger partial charge on any atom is 0.273 e. The number of amides is 1. The van der Waals surface area contributed by atoms with Gasteiger partial charge in [0.2, 0.25) is 0 Å². The summed E-state index contributed by atoms with van der Waals surface area (Å²) in [6.45, 7) is 2.51. The first-order valence-corrected chi connectivity index (χ1v) is 8.88. The summed E-state index contributed by atoms with van der Waals surface area (Å²) >= 11 is 0. The van der Waals surface area contributed by atoms with Crippen LogP contribution in [0.4, 0.5) is 0 Å². The van der Waals surface area contributed by atoms with E-state index >= 15 is 0 Å². The van der Waals surface area contributed by atoms with Gasteiger partial charge in [0.05, 0.1) is 17.5 Å². The van der Waals surface area contributed by atoms with E-state index in [2.05, 4.69) is 30.5 Å². The van der Waals surface area contributed by atoms with Crippen molar-refractivity contribution in [1.29, 1.82) is 0 Å². The summed E-state index contributed by atoms with van der Waals surface area (Å²) in [6.07, 6.45) is 8.95. The van der Waals surface area contributed by atoms with Crippen molar-refractivity contribution in [3.63, 3.8) is 0 Å². The van der Waals surface area contributed by atoms with Crippen LogP contribution in [0, 0.1) is 6.92 Å². The Hall–Kier alpha value is -3.65. The van der Waals surface area contributed by atoms with Crippen LogP contribution in [0.3, 0.4) is 0 Å². The molecule has 3 aromatic heterocycles. The van der Waals surface area contributed by atoms with E-state index in [9.17, 15) is 4.79 Å². The van der Waals surface area contributed by atoms with Gasteiger partial charge >= 0.3 is 0 Å². The number of rotatable bonds is 5. The molecule has 3 aromatic rings. The summed E-state index contributed by atoms with van der Waals surface area (Å²) in [4.78, 5) is 28.6. The van der Waals surface area contributed by atoms with Crippen molar-refractivity contribution >= 4 is 17.7 Å². The Balaban J connectivity index is 1.86. The molecule has 4 heterocycles. The number of hydrogen-bond acceptors (Lipinski definition) is 6.